The summed E-state index contributed by atoms with van der Waals surface area (Å²) in [5.41, 5.74) is 0. The van der Waals surface area contributed by atoms with Crippen molar-refractivity contribution in [1.29, 1.82) is 0 Å². The number of likely N-dealkylation sites (N-methyl/N-ethyl adjacent to an activating group) is 2. The van der Waals surface area contributed by atoms with Crippen LogP contribution in [-0.2, 0) is 19.2 Å². The summed E-state index contributed by atoms with van der Waals surface area (Å²) in [4.78, 5) is 56.4. The highest BCUT2D eigenvalue weighted by molar-refractivity contribution is 5.82. The maximum Gasteiger partial charge on any atom is 0.490 e. The molecule has 3 saturated heterocycles. The third-order valence-electron chi connectivity index (χ3n) is 6.66. The second-order valence-corrected chi connectivity index (χ2v) is 9.89. The second kappa shape index (κ2) is 16.0. The van der Waals surface area contributed by atoms with Crippen LogP contribution < -0.4 is 4.90 Å². The fourth-order valence-corrected chi connectivity index (χ4v) is 4.38. The zero-order valence-corrected chi connectivity index (χ0v) is 23.8. The number of aliphatic carboxylic acids is 3. The molecule has 3 atom stereocenters. The summed E-state index contributed by atoms with van der Waals surface area (Å²) in [5, 5.41) is 21.4. The molecule has 0 aliphatic carbocycles. The monoisotopic (exact) mass is 690 g/mol. The molecule has 0 saturated carbocycles. The molecule has 4 rings (SSSR count). The molecule has 0 bridgehead atoms. The van der Waals surface area contributed by atoms with E-state index >= 15 is 0 Å². The number of carbonyl (C=O) groups excluding carboxylic acids is 1. The summed E-state index contributed by atoms with van der Waals surface area (Å²) >= 11 is 0. The number of hydrogen-bond donors (Lipinski definition) is 3. The van der Waals surface area contributed by atoms with Crippen molar-refractivity contribution in [3.05, 3.63) is 18.2 Å². The van der Waals surface area contributed by atoms with Gasteiger partial charge < -0.3 is 30.0 Å². The molecular formula is C23H28F10N6O7. The maximum absolute atomic E-state index is 13.0. The van der Waals surface area contributed by atoms with Gasteiger partial charge in [0.2, 0.25) is 11.9 Å². The van der Waals surface area contributed by atoms with Gasteiger partial charge >= 0.3 is 36.4 Å². The number of fused-ring (bicyclic) bond motifs is 1. The van der Waals surface area contributed by atoms with E-state index < -0.39 is 42.3 Å². The molecule has 1 amide bonds. The number of carbonyl (C=O) groups is 4. The van der Waals surface area contributed by atoms with Crippen molar-refractivity contribution in [3.63, 3.8) is 0 Å². The minimum Gasteiger partial charge on any atom is -0.475 e. The molecule has 13 nitrogen and oxygen atoms in total. The number of piperazine rings is 1. The van der Waals surface area contributed by atoms with Crippen LogP contribution in [0, 0.1) is 11.7 Å². The van der Waals surface area contributed by atoms with Crippen LogP contribution in [0.4, 0.5) is 49.9 Å². The Balaban J connectivity index is 0.000000413. The van der Waals surface area contributed by atoms with Crippen molar-refractivity contribution in [3.8, 4) is 0 Å². The Morgan fingerprint density at radius 2 is 1.13 bits per heavy atom. The lowest BCUT2D eigenvalue weighted by Gasteiger charge is -2.36. The van der Waals surface area contributed by atoms with Crippen molar-refractivity contribution >= 4 is 29.8 Å². The summed E-state index contributed by atoms with van der Waals surface area (Å²) in [6.07, 6.45) is -12.0. The molecule has 0 spiro atoms. The van der Waals surface area contributed by atoms with Gasteiger partial charge in [0.05, 0.1) is 18.4 Å². The van der Waals surface area contributed by atoms with Gasteiger partial charge in [0.25, 0.3) is 0 Å². The topological polar surface area (TPSA) is 168 Å². The van der Waals surface area contributed by atoms with E-state index in [2.05, 4.69) is 38.8 Å². The van der Waals surface area contributed by atoms with Gasteiger partial charge in [-0.15, -0.1) is 0 Å². The molecule has 3 fully saturated rings. The Morgan fingerprint density at radius 3 is 1.48 bits per heavy atom. The Labute approximate surface area is 253 Å². The second-order valence-electron chi connectivity index (χ2n) is 9.89. The van der Waals surface area contributed by atoms with Crippen LogP contribution in [0.2, 0.25) is 0 Å². The van der Waals surface area contributed by atoms with Crippen LogP contribution in [0.25, 0.3) is 0 Å². The average molecular weight is 690 g/mol. The van der Waals surface area contributed by atoms with E-state index in [-0.39, 0.29) is 11.9 Å². The number of rotatable bonds is 2. The number of alkyl halides is 9. The quantitative estimate of drug-likeness (QED) is 0.386. The van der Waals surface area contributed by atoms with Gasteiger partial charge in [-0.2, -0.15) is 39.5 Å². The third kappa shape index (κ3) is 12.4. The normalized spacial score (nSPS) is 21.9. The first-order chi connectivity index (χ1) is 20.9. The Morgan fingerprint density at radius 1 is 0.739 bits per heavy atom. The summed E-state index contributed by atoms with van der Waals surface area (Å²) in [6.45, 7) is 5.16. The first kappa shape index (κ1) is 40.0. The van der Waals surface area contributed by atoms with Crippen LogP contribution in [-0.4, -0.2) is 148 Å². The van der Waals surface area contributed by atoms with Gasteiger partial charge in [0.15, 0.2) is 5.82 Å². The van der Waals surface area contributed by atoms with E-state index in [0.717, 1.165) is 45.7 Å². The standard InChI is InChI=1S/C17H25FN6O.3C2HF3O2/c1-21-3-5-23(6-4-21)16(25)14-7-12-10-24(11-15(12)22(14)2)17-19-8-13(18)9-20-17;3*3-2(4,5)1(6)7/h8-9,12,14-15H,3-7,10-11H2,1-2H3;3*(H,6,7)/t12-,14-,15+;;;/m1.../s1. The molecule has 23 heteroatoms. The van der Waals surface area contributed by atoms with Gasteiger partial charge in [-0.3, -0.25) is 9.69 Å². The van der Waals surface area contributed by atoms with Crippen molar-refractivity contribution < 1.29 is 78.4 Å². The molecule has 0 radical (unpaired) electrons. The van der Waals surface area contributed by atoms with Crippen LogP contribution in [0.15, 0.2) is 12.4 Å². The fraction of sp³-hybridized carbons (Fsp3) is 0.652. The lowest BCUT2D eigenvalue weighted by atomic mass is 10.0. The largest absolute Gasteiger partial charge is 0.490 e. The first-order valence-corrected chi connectivity index (χ1v) is 12.7. The molecule has 0 unspecified atom stereocenters. The Bertz CT molecular complexity index is 1140. The van der Waals surface area contributed by atoms with Crippen LogP contribution in [0.1, 0.15) is 6.42 Å². The lowest BCUT2D eigenvalue weighted by molar-refractivity contribution is -0.193. The first-order valence-electron chi connectivity index (χ1n) is 12.7. The smallest absolute Gasteiger partial charge is 0.475 e. The zero-order valence-electron chi connectivity index (χ0n) is 23.8. The van der Waals surface area contributed by atoms with E-state index in [4.69, 9.17) is 29.7 Å². The van der Waals surface area contributed by atoms with E-state index in [1.165, 1.54) is 12.4 Å². The summed E-state index contributed by atoms with van der Waals surface area (Å²) in [7, 11) is 4.15. The molecule has 3 N–H and O–H groups in total. The number of nitrogens with zero attached hydrogens (tertiary/aromatic N) is 6. The predicted molar refractivity (Wildman–Crippen MR) is 133 cm³/mol. The van der Waals surface area contributed by atoms with Gasteiger partial charge in [-0.25, -0.2) is 28.7 Å². The van der Waals surface area contributed by atoms with Gasteiger partial charge in [0, 0.05) is 45.3 Å². The van der Waals surface area contributed by atoms with Crippen LogP contribution in [0.3, 0.4) is 0 Å². The summed E-state index contributed by atoms with van der Waals surface area (Å²) < 4.78 is 108. The van der Waals surface area contributed by atoms with E-state index in [9.17, 15) is 48.7 Å². The van der Waals surface area contributed by atoms with Crippen molar-refractivity contribution in [2.75, 3.05) is 58.3 Å². The molecule has 4 heterocycles. The molecule has 0 aromatic carbocycles. The van der Waals surface area contributed by atoms with Gasteiger partial charge in [-0.05, 0) is 26.4 Å². The average Bonchev–Trinajstić information content (AvgIpc) is 3.48. The highest BCUT2D eigenvalue weighted by atomic mass is 19.4. The fourth-order valence-electron chi connectivity index (χ4n) is 4.38. The molecular weight excluding hydrogens is 662 g/mol. The number of anilines is 1. The number of carboxylic acid groups (broad SMARTS) is 3. The predicted octanol–water partition coefficient (Wildman–Crippen LogP) is 1.80. The van der Waals surface area contributed by atoms with Gasteiger partial charge in [0.1, 0.15) is 0 Å². The number of carboxylic acids is 3. The van der Waals surface area contributed by atoms with Crippen LogP contribution >= 0.6 is 0 Å². The number of likely N-dealkylation sites (tertiary alicyclic amines) is 1. The minimum absolute atomic E-state index is 0.0188. The zero-order chi connectivity index (χ0) is 35.8. The van der Waals surface area contributed by atoms with Crippen molar-refractivity contribution in [2.24, 2.45) is 5.92 Å². The number of halogens is 10. The molecule has 262 valence electrons. The van der Waals surface area contributed by atoms with E-state index in [1.807, 2.05) is 4.90 Å². The molecule has 46 heavy (non-hydrogen) atoms. The molecule has 1 aromatic rings. The Hall–Kier alpha value is -4.02. The van der Waals surface area contributed by atoms with Crippen molar-refractivity contribution in [2.45, 2.75) is 37.0 Å². The van der Waals surface area contributed by atoms with Crippen LogP contribution in [0.5, 0.6) is 0 Å². The SMILES string of the molecule is CN1CCN(C(=O)[C@H]2C[C@@H]3CN(c4ncc(F)cn4)C[C@@H]3N2C)CC1.O=C(O)C(F)(F)F.O=C(O)C(F)(F)F.O=C(O)C(F)(F)F. The Kier molecular flexibility index (Phi) is 13.9. The minimum atomic E-state index is -5.08. The number of aromatic nitrogens is 2. The lowest BCUT2D eigenvalue weighted by Crippen LogP contribution is -2.53. The highest BCUT2D eigenvalue weighted by Gasteiger charge is 2.48. The third-order valence-corrected chi connectivity index (χ3v) is 6.66. The number of hydrogen-bond acceptors (Lipinski definition) is 9. The maximum atomic E-state index is 13.0. The van der Waals surface area contributed by atoms with Gasteiger partial charge in [-0.1, -0.05) is 0 Å². The van der Waals surface area contributed by atoms with E-state index in [1.54, 1.807) is 0 Å². The molecule has 3 aliphatic heterocycles. The van der Waals surface area contributed by atoms with E-state index in [0.29, 0.717) is 17.9 Å². The molecule has 1 aromatic heterocycles. The molecule has 3 aliphatic rings. The summed E-state index contributed by atoms with van der Waals surface area (Å²) in [6, 6.07) is 0.310. The number of amides is 1. The van der Waals surface area contributed by atoms with Crippen molar-refractivity contribution in [1.82, 2.24) is 24.7 Å². The summed E-state index contributed by atoms with van der Waals surface area (Å²) in [5.74, 6) is -7.41. The highest BCUT2D eigenvalue weighted by Crippen LogP contribution is 2.36.